The number of rotatable bonds is 5. The van der Waals surface area contributed by atoms with Crippen molar-refractivity contribution in [1.82, 2.24) is 19.6 Å². The lowest BCUT2D eigenvalue weighted by Gasteiger charge is -2.06. The molecule has 0 spiro atoms. The third-order valence-electron chi connectivity index (χ3n) is 3.82. The van der Waals surface area contributed by atoms with E-state index in [4.69, 9.17) is 4.74 Å². The fraction of sp³-hybridized carbons (Fsp3) is 0.235. The van der Waals surface area contributed by atoms with Crippen molar-refractivity contribution in [3.05, 3.63) is 57.2 Å². The van der Waals surface area contributed by atoms with E-state index in [1.807, 2.05) is 0 Å². The van der Waals surface area contributed by atoms with Gasteiger partial charge in [0.05, 0.1) is 4.92 Å². The van der Waals surface area contributed by atoms with Crippen LogP contribution in [0.2, 0.25) is 0 Å². The molecule has 28 heavy (non-hydrogen) atoms. The molecule has 0 aliphatic heterocycles. The Morgan fingerprint density at radius 3 is 2.68 bits per heavy atom. The second kappa shape index (κ2) is 7.39. The number of carbonyl (C=O) groups is 2. The summed E-state index contributed by atoms with van der Waals surface area (Å²) in [5.41, 5.74) is 2.03. The van der Waals surface area contributed by atoms with Crippen LogP contribution in [0, 0.1) is 30.9 Å². The molecule has 0 aliphatic rings. The number of aromatic nitrogens is 4. The van der Waals surface area contributed by atoms with Gasteiger partial charge in [0.15, 0.2) is 6.61 Å². The molecule has 1 amide bonds. The van der Waals surface area contributed by atoms with Crippen LogP contribution in [-0.2, 0) is 9.53 Å². The highest BCUT2D eigenvalue weighted by Gasteiger charge is 2.18. The SMILES string of the molecule is Cc1cc(C)n2nc(C(=O)OCC(=O)Nc3ccc(C)c([N+](=O)[O-])c3)nc2n1. The first-order valence-electron chi connectivity index (χ1n) is 8.17. The molecule has 0 atom stereocenters. The highest BCUT2D eigenvalue weighted by molar-refractivity contribution is 5.94. The largest absolute Gasteiger partial charge is 0.450 e. The molecule has 1 N–H and O–H groups in total. The lowest BCUT2D eigenvalue weighted by atomic mass is 10.2. The quantitative estimate of drug-likeness (QED) is 0.398. The van der Waals surface area contributed by atoms with E-state index in [1.165, 1.54) is 22.7 Å². The topological polar surface area (TPSA) is 142 Å². The van der Waals surface area contributed by atoms with Crippen LogP contribution in [0.25, 0.3) is 5.78 Å². The minimum absolute atomic E-state index is 0.123. The zero-order chi connectivity index (χ0) is 20.4. The first-order chi connectivity index (χ1) is 13.2. The summed E-state index contributed by atoms with van der Waals surface area (Å²) in [5, 5.41) is 17.4. The van der Waals surface area contributed by atoms with Gasteiger partial charge < -0.3 is 10.1 Å². The highest BCUT2D eigenvalue weighted by atomic mass is 16.6. The average molecular weight is 384 g/mol. The van der Waals surface area contributed by atoms with Crippen molar-refractivity contribution in [2.75, 3.05) is 11.9 Å². The maximum Gasteiger partial charge on any atom is 0.378 e. The summed E-state index contributed by atoms with van der Waals surface area (Å²) in [7, 11) is 0. The van der Waals surface area contributed by atoms with Gasteiger partial charge in [-0.3, -0.25) is 14.9 Å². The Morgan fingerprint density at radius 1 is 1.21 bits per heavy atom. The van der Waals surface area contributed by atoms with E-state index < -0.39 is 23.4 Å². The van der Waals surface area contributed by atoms with Crippen molar-refractivity contribution >= 4 is 29.0 Å². The van der Waals surface area contributed by atoms with Crippen molar-refractivity contribution in [2.45, 2.75) is 20.8 Å². The Balaban J connectivity index is 1.65. The Hall–Kier alpha value is -3.89. The fourth-order valence-corrected chi connectivity index (χ4v) is 2.53. The number of fused-ring (bicyclic) bond motifs is 1. The summed E-state index contributed by atoms with van der Waals surface area (Å²) in [6.45, 7) is 4.58. The Morgan fingerprint density at radius 2 is 1.96 bits per heavy atom. The fourth-order valence-electron chi connectivity index (χ4n) is 2.53. The number of amides is 1. The van der Waals surface area contributed by atoms with Crippen LogP contribution in [0.4, 0.5) is 11.4 Å². The molecule has 3 aromatic rings. The van der Waals surface area contributed by atoms with Crippen LogP contribution in [0.3, 0.4) is 0 Å². The van der Waals surface area contributed by atoms with E-state index in [1.54, 1.807) is 26.8 Å². The zero-order valence-corrected chi connectivity index (χ0v) is 15.3. The van der Waals surface area contributed by atoms with E-state index in [0.29, 0.717) is 5.56 Å². The number of carbonyl (C=O) groups excluding carboxylic acids is 2. The molecule has 144 valence electrons. The van der Waals surface area contributed by atoms with Gasteiger partial charge in [0, 0.05) is 28.7 Å². The second-order valence-corrected chi connectivity index (χ2v) is 6.07. The van der Waals surface area contributed by atoms with Crippen molar-refractivity contribution in [3.8, 4) is 0 Å². The first kappa shape index (κ1) is 18.9. The number of nitrogens with one attached hydrogen (secondary N) is 1. The standard InChI is InChI=1S/C17H16N6O5/c1-9-4-5-12(7-13(9)23(26)27)19-14(24)8-28-16(25)15-20-17-18-10(2)6-11(3)22(17)21-15/h4-7H,8H2,1-3H3,(H,19,24). The van der Waals surface area contributed by atoms with E-state index in [-0.39, 0.29) is 23.0 Å². The Kier molecular flexibility index (Phi) is 4.98. The van der Waals surface area contributed by atoms with Gasteiger partial charge >= 0.3 is 5.97 Å². The van der Waals surface area contributed by atoms with E-state index in [9.17, 15) is 19.7 Å². The summed E-state index contributed by atoms with van der Waals surface area (Å²) in [6, 6.07) is 6.04. The number of esters is 1. The van der Waals surface area contributed by atoms with Gasteiger partial charge in [-0.25, -0.2) is 14.3 Å². The lowest BCUT2D eigenvalue weighted by molar-refractivity contribution is -0.385. The number of nitro groups is 1. The van der Waals surface area contributed by atoms with Crippen molar-refractivity contribution in [3.63, 3.8) is 0 Å². The van der Waals surface area contributed by atoms with E-state index in [2.05, 4.69) is 20.4 Å². The zero-order valence-electron chi connectivity index (χ0n) is 15.3. The maximum absolute atomic E-state index is 12.1. The third kappa shape index (κ3) is 3.92. The molecule has 11 nitrogen and oxygen atoms in total. The van der Waals surface area contributed by atoms with Crippen molar-refractivity contribution in [2.24, 2.45) is 0 Å². The second-order valence-electron chi connectivity index (χ2n) is 6.07. The number of benzene rings is 1. The molecule has 1 aromatic carbocycles. The van der Waals surface area contributed by atoms with Gasteiger partial charge in [0.25, 0.3) is 23.2 Å². The van der Waals surface area contributed by atoms with Gasteiger partial charge in [0.2, 0.25) is 0 Å². The summed E-state index contributed by atoms with van der Waals surface area (Å²) >= 11 is 0. The number of nitro benzene ring substituents is 1. The van der Waals surface area contributed by atoms with Crippen molar-refractivity contribution < 1.29 is 19.2 Å². The highest BCUT2D eigenvalue weighted by Crippen LogP contribution is 2.22. The molecule has 11 heteroatoms. The molecule has 0 saturated heterocycles. The van der Waals surface area contributed by atoms with Crippen molar-refractivity contribution in [1.29, 1.82) is 0 Å². The first-order valence-corrected chi connectivity index (χ1v) is 8.17. The van der Waals surface area contributed by atoms with Crippen LogP contribution in [0.5, 0.6) is 0 Å². The predicted molar refractivity (Wildman–Crippen MR) is 97.0 cm³/mol. The Labute approximate surface area is 158 Å². The molecule has 0 bridgehead atoms. The number of anilines is 1. The minimum atomic E-state index is -0.882. The summed E-state index contributed by atoms with van der Waals surface area (Å²) in [6.07, 6.45) is 0. The predicted octanol–water partition coefficient (Wildman–Crippen LogP) is 1.75. The summed E-state index contributed by atoms with van der Waals surface area (Å²) in [5.74, 6) is -1.51. The Bertz CT molecular complexity index is 1110. The molecule has 0 fully saturated rings. The monoisotopic (exact) mass is 384 g/mol. The molecule has 2 aromatic heterocycles. The molecule has 2 heterocycles. The lowest BCUT2D eigenvalue weighted by Crippen LogP contribution is -2.21. The van der Waals surface area contributed by atoms with Gasteiger partial charge in [-0.15, -0.1) is 5.10 Å². The summed E-state index contributed by atoms with van der Waals surface area (Å²) in [4.78, 5) is 42.6. The number of hydrogen-bond donors (Lipinski definition) is 1. The molecule has 0 aliphatic carbocycles. The maximum atomic E-state index is 12.1. The molecular weight excluding hydrogens is 368 g/mol. The van der Waals surface area contributed by atoms with Crippen LogP contribution in [-0.4, -0.2) is 43.0 Å². The number of hydrogen-bond acceptors (Lipinski definition) is 8. The molecule has 3 rings (SSSR count). The van der Waals surface area contributed by atoms with Crippen LogP contribution in [0.1, 0.15) is 27.6 Å². The van der Waals surface area contributed by atoms with E-state index in [0.717, 1.165) is 11.4 Å². The average Bonchev–Trinajstić information content (AvgIpc) is 3.05. The van der Waals surface area contributed by atoms with Crippen LogP contribution >= 0.6 is 0 Å². The number of nitrogens with zero attached hydrogens (tertiary/aromatic N) is 5. The normalized spacial score (nSPS) is 10.7. The number of ether oxygens (including phenoxy) is 1. The molecule has 0 saturated carbocycles. The third-order valence-corrected chi connectivity index (χ3v) is 3.82. The molecule has 0 unspecified atom stereocenters. The molecule has 0 radical (unpaired) electrons. The smallest absolute Gasteiger partial charge is 0.378 e. The summed E-state index contributed by atoms with van der Waals surface area (Å²) < 4.78 is 6.31. The van der Waals surface area contributed by atoms with Crippen LogP contribution < -0.4 is 5.32 Å². The van der Waals surface area contributed by atoms with Crippen LogP contribution in [0.15, 0.2) is 24.3 Å². The van der Waals surface area contributed by atoms with Gasteiger partial charge in [0.1, 0.15) is 0 Å². The van der Waals surface area contributed by atoms with Gasteiger partial charge in [-0.2, -0.15) is 4.98 Å². The van der Waals surface area contributed by atoms with Gasteiger partial charge in [-0.1, -0.05) is 6.07 Å². The number of aryl methyl sites for hydroxylation is 3. The minimum Gasteiger partial charge on any atom is -0.450 e. The van der Waals surface area contributed by atoms with Gasteiger partial charge in [-0.05, 0) is 32.9 Å². The van der Waals surface area contributed by atoms with E-state index >= 15 is 0 Å². The molecular formula is C17H16N6O5.